The average molecular weight is 564 g/mol. The van der Waals surface area contributed by atoms with Crippen LogP contribution < -0.4 is 5.69 Å². The largest absolute Gasteiger partial charge is 0.341 e. The quantitative estimate of drug-likeness (QED) is 0.303. The molecule has 10 heteroatoms. The number of rotatable bonds is 6. The average Bonchev–Trinajstić information content (AvgIpc) is 3.65. The molecule has 36 heavy (non-hydrogen) atoms. The summed E-state index contributed by atoms with van der Waals surface area (Å²) in [6.07, 6.45) is 1.47. The number of halogens is 1. The summed E-state index contributed by atoms with van der Waals surface area (Å²) in [4.78, 5) is 32.1. The van der Waals surface area contributed by atoms with Gasteiger partial charge in [0.2, 0.25) is 0 Å². The summed E-state index contributed by atoms with van der Waals surface area (Å²) in [6.45, 7) is 2.26. The molecule has 0 radical (unpaired) electrons. The molecule has 2 aromatic carbocycles. The van der Waals surface area contributed by atoms with E-state index in [2.05, 4.69) is 31.3 Å². The van der Waals surface area contributed by atoms with Gasteiger partial charge < -0.3 is 19.6 Å². The van der Waals surface area contributed by atoms with Crippen molar-refractivity contribution in [3.05, 3.63) is 91.6 Å². The van der Waals surface area contributed by atoms with Crippen molar-refractivity contribution in [1.29, 1.82) is 0 Å². The smallest absolute Gasteiger partial charge is 0.323 e. The fraction of sp³-hybridized carbons (Fsp3) is 0.192. The highest BCUT2D eigenvalue weighted by atomic mass is 79.9. The first-order valence-electron chi connectivity index (χ1n) is 11.5. The van der Waals surface area contributed by atoms with E-state index < -0.39 is 12.3 Å². The first-order chi connectivity index (χ1) is 17.5. The maximum absolute atomic E-state index is 13.2. The first-order valence-corrected chi connectivity index (χ1v) is 13.2. The van der Waals surface area contributed by atoms with Gasteiger partial charge >= 0.3 is 5.69 Å². The number of fused-ring (bicyclic) bond motifs is 1. The van der Waals surface area contributed by atoms with Gasteiger partial charge in [0.25, 0.3) is 5.91 Å². The van der Waals surface area contributed by atoms with Gasteiger partial charge in [0, 0.05) is 33.7 Å². The highest BCUT2D eigenvalue weighted by Gasteiger charge is 2.40. The van der Waals surface area contributed by atoms with E-state index in [0.717, 1.165) is 43.6 Å². The number of hydrogen-bond acceptors (Lipinski definition) is 5. The monoisotopic (exact) mass is 563 g/mol. The molecule has 2 atom stereocenters. The Morgan fingerprint density at radius 3 is 2.67 bits per heavy atom. The molecule has 8 nitrogen and oxygen atoms in total. The minimum atomic E-state index is -0.553. The van der Waals surface area contributed by atoms with E-state index in [0.29, 0.717) is 13.0 Å². The molecule has 1 amide bonds. The normalized spacial score (nSPS) is 17.9. The van der Waals surface area contributed by atoms with Gasteiger partial charge in [-0.2, -0.15) is 16.4 Å². The molecular formula is C26H22BrN5O3S. The van der Waals surface area contributed by atoms with Crippen LogP contribution >= 0.6 is 27.3 Å². The van der Waals surface area contributed by atoms with Crippen molar-refractivity contribution in [2.45, 2.75) is 25.7 Å². The Morgan fingerprint density at radius 1 is 1.08 bits per heavy atom. The summed E-state index contributed by atoms with van der Waals surface area (Å²) in [5, 5.41) is 8.95. The lowest BCUT2D eigenvalue weighted by Gasteiger charge is -2.23. The topological polar surface area (TPSA) is 96.0 Å². The Labute approximate surface area is 218 Å². The van der Waals surface area contributed by atoms with Gasteiger partial charge in [-0.05, 0) is 66.8 Å². The van der Waals surface area contributed by atoms with Crippen molar-refractivity contribution in [1.82, 2.24) is 24.6 Å². The first kappa shape index (κ1) is 23.0. The third kappa shape index (κ3) is 4.21. The summed E-state index contributed by atoms with van der Waals surface area (Å²) < 4.78 is 9.03. The van der Waals surface area contributed by atoms with E-state index in [1.807, 2.05) is 64.8 Å². The van der Waals surface area contributed by atoms with Crippen LogP contribution in [0.4, 0.5) is 0 Å². The SMILES string of the molecule is C[C@@H]1O[C@H](c2cn(-c3ccc(Br)cc3)nc2-c2ccsc2)N(CCc2ccc3[nH]c(=O)[nH]c3c2)C1=O. The molecule has 1 saturated heterocycles. The lowest BCUT2D eigenvalue weighted by molar-refractivity contribution is -0.130. The van der Waals surface area contributed by atoms with E-state index in [4.69, 9.17) is 9.84 Å². The van der Waals surface area contributed by atoms with E-state index in [1.54, 1.807) is 23.2 Å². The minimum absolute atomic E-state index is 0.0520. The Balaban J connectivity index is 1.34. The number of amides is 1. The number of aromatic amines is 2. The summed E-state index contributed by atoms with van der Waals surface area (Å²) >= 11 is 5.08. The molecule has 1 aliphatic heterocycles. The minimum Gasteiger partial charge on any atom is -0.341 e. The van der Waals surface area contributed by atoms with Gasteiger partial charge in [-0.25, -0.2) is 9.48 Å². The third-order valence-electron chi connectivity index (χ3n) is 6.36. The van der Waals surface area contributed by atoms with Gasteiger partial charge in [-0.1, -0.05) is 22.0 Å². The number of imidazole rings is 1. The van der Waals surface area contributed by atoms with Crippen LogP contribution in [0.2, 0.25) is 0 Å². The summed E-state index contributed by atoms with van der Waals surface area (Å²) in [6, 6.07) is 15.7. The number of hydrogen-bond donors (Lipinski definition) is 2. The Kier molecular flexibility index (Phi) is 5.87. The van der Waals surface area contributed by atoms with E-state index in [-0.39, 0.29) is 11.6 Å². The molecule has 182 valence electrons. The second-order valence-electron chi connectivity index (χ2n) is 8.74. The van der Waals surface area contributed by atoms with Crippen LogP contribution in [0.25, 0.3) is 28.0 Å². The number of nitrogens with one attached hydrogen (secondary N) is 2. The Bertz CT molecular complexity index is 1600. The van der Waals surface area contributed by atoms with Crippen LogP contribution in [0.1, 0.15) is 24.3 Å². The fourth-order valence-corrected chi connectivity index (χ4v) is 5.45. The summed E-state index contributed by atoms with van der Waals surface area (Å²) in [7, 11) is 0. The molecular weight excluding hydrogens is 542 g/mol. The molecule has 1 fully saturated rings. The molecule has 0 aliphatic carbocycles. The zero-order chi connectivity index (χ0) is 24.8. The standard InChI is InChI=1S/C26H22BrN5O3S/c1-15-24(33)31(10-8-16-2-7-21-22(12-16)29-26(34)28-21)25(35-15)20-13-32(19-5-3-18(27)4-6-19)30-23(20)17-9-11-36-14-17/h2-7,9,11-15,25H,8,10H2,1H3,(H2,28,29,34)/t15-,25+/m0/s1. The van der Waals surface area contributed by atoms with Gasteiger partial charge in [-0.3, -0.25) is 4.79 Å². The van der Waals surface area contributed by atoms with Crippen molar-refractivity contribution in [2.75, 3.05) is 6.54 Å². The van der Waals surface area contributed by atoms with Gasteiger partial charge in [-0.15, -0.1) is 0 Å². The highest BCUT2D eigenvalue weighted by Crippen LogP contribution is 2.38. The second-order valence-corrected chi connectivity index (χ2v) is 10.4. The van der Waals surface area contributed by atoms with Crippen LogP contribution in [0.3, 0.4) is 0 Å². The number of aromatic nitrogens is 4. The van der Waals surface area contributed by atoms with Crippen molar-refractivity contribution >= 4 is 44.2 Å². The van der Waals surface area contributed by atoms with Crippen LogP contribution in [0, 0.1) is 0 Å². The van der Waals surface area contributed by atoms with Crippen molar-refractivity contribution < 1.29 is 9.53 Å². The predicted molar refractivity (Wildman–Crippen MR) is 142 cm³/mol. The summed E-state index contributed by atoms with van der Waals surface area (Å²) in [5.74, 6) is -0.0520. The summed E-state index contributed by atoms with van der Waals surface area (Å²) in [5.41, 5.74) is 5.85. The lowest BCUT2D eigenvalue weighted by Crippen LogP contribution is -2.32. The zero-order valence-corrected chi connectivity index (χ0v) is 21.7. The number of benzene rings is 2. The van der Waals surface area contributed by atoms with Crippen molar-refractivity contribution in [2.24, 2.45) is 0 Å². The molecule has 0 saturated carbocycles. The number of carbonyl (C=O) groups excluding carboxylic acids is 1. The number of nitrogens with zero attached hydrogens (tertiary/aromatic N) is 3. The molecule has 4 heterocycles. The predicted octanol–water partition coefficient (Wildman–Crippen LogP) is 5.02. The third-order valence-corrected chi connectivity index (χ3v) is 7.57. The van der Waals surface area contributed by atoms with E-state index in [1.165, 1.54) is 0 Å². The van der Waals surface area contributed by atoms with Crippen LogP contribution in [0.15, 0.2) is 74.8 Å². The van der Waals surface area contributed by atoms with Crippen molar-refractivity contribution in [3.63, 3.8) is 0 Å². The Hall–Kier alpha value is -3.47. The molecule has 3 aromatic heterocycles. The maximum Gasteiger partial charge on any atom is 0.323 e. The molecule has 0 unspecified atom stereocenters. The lowest BCUT2D eigenvalue weighted by atomic mass is 10.1. The van der Waals surface area contributed by atoms with E-state index >= 15 is 0 Å². The number of thiophene rings is 1. The van der Waals surface area contributed by atoms with Crippen LogP contribution in [-0.4, -0.2) is 43.2 Å². The molecule has 1 aliphatic rings. The van der Waals surface area contributed by atoms with Gasteiger partial charge in [0.05, 0.1) is 16.7 Å². The molecule has 0 spiro atoms. The number of H-pyrrole nitrogens is 2. The van der Waals surface area contributed by atoms with Crippen molar-refractivity contribution in [3.8, 4) is 16.9 Å². The fourth-order valence-electron chi connectivity index (χ4n) is 4.55. The molecule has 2 N–H and O–H groups in total. The Morgan fingerprint density at radius 2 is 1.89 bits per heavy atom. The van der Waals surface area contributed by atoms with Gasteiger partial charge in [0.15, 0.2) is 6.23 Å². The van der Waals surface area contributed by atoms with Crippen LogP contribution in [-0.2, 0) is 16.0 Å². The second kappa shape index (κ2) is 9.20. The molecule has 6 rings (SSSR count). The number of carbonyl (C=O) groups is 1. The van der Waals surface area contributed by atoms with Gasteiger partial charge in [0.1, 0.15) is 11.8 Å². The maximum atomic E-state index is 13.2. The zero-order valence-electron chi connectivity index (χ0n) is 19.3. The number of ether oxygens (including phenoxy) is 1. The highest BCUT2D eigenvalue weighted by molar-refractivity contribution is 9.10. The molecule has 0 bridgehead atoms. The van der Waals surface area contributed by atoms with E-state index in [9.17, 15) is 9.59 Å². The molecule has 5 aromatic rings. The van der Waals surface area contributed by atoms with Crippen LogP contribution in [0.5, 0.6) is 0 Å².